The van der Waals surface area contributed by atoms with Gasteiger partial charge < -0.3 is 19.5 Å². The Labute approximate surface area is 174 Å². The van der Waals surface area contributed by atoms with Crippen LogP contribution in [0, 0.1) is 10.1 Å². The number of anilines is 1. The van der Waals surface area contributed by atoms with Gasteiger partial charge >= 0.3 is 5.97 Å². The van der Waals surface area contributed by atoms with E-state index in [-0.39, 0.29) is 10.6 Å². The predicted molar refractivity (Wildman–Crippen MR) is 109 cm³/mol. The van der Waals surface area contributed by atoms with Crippen molar-refractivity contribution in [1.82, 2.24) is 0 Å². The average Bonchev–Trinajstić information content (AvgIpc) is 3.02. The molecule has 2 heterocycles. The highest BCUT2D eigenvalue weighted by Crippen LogP contribution is 2.32. The SMILES string of the molecule is O=C(COC(=O)c1cc2cc([N+](=O)[O-])ccc2s1)Nc1ccc2c(c1)OCCCO2. The fourth-order valence-corrected chi connectivity index (χ4v) is 3.82. The smallest absolute Gasteiger partial charge is 0.348 e. The van der Waals surface area contributed by atoms with Gasteiger partial charge in [-0.25, -0.2) is 4.79 Å². The molecule has 0 saturated carbocycles. The summed E-state index contributed by atoms with van der Waals surface area (Å²) in [6.45, 7) is 0.627. The van der Waals surface area contributed by atoms with E-state index in [1.807, 2.05) is 0 Å². The lowest BCUT2D eigenvalue weighted by atomic mass is 10.2. The van der Waals surface area contributed by atoms with Crippen LogP contribution in [-0.2, 0) is 9.53 Å². The summed E-state index contributed by atoms with van der Waals surface area (Å²) < 4.78 is 16.9. The summed E-state index contributed by atoms with van der Waals surface area (Å²) in [5.74, 6) is -0.0224. The summed E-state index contributed by atoms with van der Waals surface area (Å²) in [4.78, 5) is 35.0. The second-order valence-corrected chi connectivity index (χ2v) is 7.51. The van der Waals surface area contributed by atoms with Gasteiger partial charge in [-0.1, -0.05) is 0 Å². The van der Waals surface area contributed by atoms with E-state index in [0.29, 0.717) is 40.5 Å². The molecule has 0 saturated heterocycles. The minimum atomic E-state index is -0.673. The number of benzene rings is 2. The quantitative estimate of drug-likeness (QED) is 0.373. The molecule has 0 aliphatic carbocycles. The maximum atomic E-state index is 12.3. The van der Waals surface area contributed by atoms with Crippen LogP contribution in [0.5, 0.6) is 11.5 Å². The molecule has 0 bridgehead atoms. The molecule has 10 heteroatoms. The molecular formula is C20H16N2O7S. The highest BCUT2D eigenvalue weighted by Gasteiger charge is 2.17. The zero-order valence-corrected chi connectivity index (χ0v) is 16.4. The van der Waals surface area contributed by atoms with Crippen LogP contribution in [0.2, 0.25) is 0 Å². The Hall–Kier alpha value is -3.66. The molecule has 1 aromatic heterocycles. The number of rotatable bonds is 5. The van der Waals surface area contributed by atoms with Crippen molar-refractivity contribution in [1.29, 1.82) is 0 Å². The van der Waals surface area contributed by atoms with Crippen LogP contribution in [0.25, 0.3) is 10.1 Å². The number of fused-ring (bicyclic) bond motifs is 2. The normalized spacial score (nSPS) is 12.8. The highest BCUT2D eigenvalue weighted by atomic mass is 32.1. The van der Waals surface area contributed by atoms with Crippen molar-refractivity contribution < 1.29 is 28.7 Å². The number of thiophene rings is 1. The largest absolute Gasteiger partial charge is 0.490 e. The predicted octanol–water partition coefficient (Wildman–Crippen LogP) is 3.77. The van der Waals surface area contributed by atoms with Crippen LogP contribution < -0.4 is 14.8 Å². The maximum Gasteiger partial charge on any atom is 0.348 e. The molecule has 154 valence electrons. The Morgan fingerprint density at radius 2 is 1.90 bits per heavy atom. The van der Waals surface area contributed by atoms with Gasteiger partial charge in [0.2, 0.25) is 0 Å². The van der Waals surface area contributed by atoms with E-state index in [1.54, 1.807) is 24.3 Å². The van der Waals surface area contributed by atoms with Crippen molar-refractivity contribution in [2.75, 3.05) is 25.1 Å². The molecule has 0 unspecified atom stereocenters. The molecule has 3 aromatic rings. The van der Waals surface area contributed by atoms with E-state index in [0.717, 1.165) is 17.8 Å². The first-order chi connectivity index (χ1) is 14.5. The molecule has 0 radical (unpaired) electrons. The Bertz CT molecular complexity index is 1140. The lowest BCUT2D eigenvalue weighted by molar-refractivity contribution is -0.384. The van der Waals surface area contributed by atoms with Gasteiger partial charge in [-0.05, 0) is 24.3 Å². The number of hydrogen-bond donors (Lipinski definition) is 1. The number of carbonyl (C=O) groups is 2. The minimum absolute atomic E-state index is 0.0604. The van der Waals surface area contributed by atoms with E-state index in [4.69, 9.17) is 14.2 Å². The second-order valence-electron chi connectivity index (χ2n) is 6.43. The number of nitrogens with zero attached hydrogens (tertiary/aromatic N) is 1. The van der Waals surface area contributed by atoms with Crippen LogP contribution in [-0.4, -0.2) is 36.6 Å². The lowest BCUT2D eigenvalue weighted by Gasteiger charge is -2.10. The van der Waals surface area contributed by atoms with Crippen molar-refractivity contribution in [3.05, 3.63) is 57.5 Å². The molecule has 0 atom stereocenters. The second kappa shape index (κ2) is 8.37. The first-order valence-corrected chi connectivity index (χ1v) is 9.86. The monoisotopic (exact) mass is 428 g/mol. The summed E-state index contributed by atoms with van der Waals surface area (Å²) in [5, 5.41) is 14.1. The number of non-ortho nitro benzene ring substituents is 1. The number of hydrogen-bond acceptors (Lipinski definition) is 8. The molecule has 1 aliphatic rings. The van der Waals surface area contributed by atoms with Crippen LogP contribution in [0.15, 0.2) is 42.5 Å². The standard InChI is InChI=1S/C20H16N2O7S/c23-19(21-13-2-4-15-16(10-13)28-7-1-6-27-15)11-29-20(24)18-9-12-8-14(22(25)26)3-5-17(12)30-18/h2-5,8-10H,1,6-7,11H2,(H,21,23). The van der Waals surface area contributed by atoms with Gasteiger partial charge in [0, 0.05) is 40.4 Å². The number of nitro groups is 1. The third-order valence-electron chi connectivity index (χ3n) is 4.28. The Morgan fingerprint density at radius 1 is 1.10 bits per heavy atom. The summed E-state index contributed by atoms with van der Waals surface area (Å²) in [6, 6.07) is 10.9. The summed E-state index contributed by atoms with van der Waals surface area (Å²) in [5.41, 5.74) is 0.434. The fraction of sp³-hybridized carbons (Fsp3) is 0.200. The molecular weight excluding hydrogens is 412 g/mol. The molecule has 0 spiro atoms. The molecule has 4 rings (SSSR count). The van der Waals surface area contributed by atoms with E-state index >= 15 is 0 Å². The van der Waals surface area contributed by atoms with Crippen molar-refractivity contribution in [3.8, 4) is 11.5 Å². The van der Waals surface area contributed by atoms with Crippen molar-refractivity contribution in [2.24, 2.45) is 0 Å². The Balaban J connectivity index is 1.37. The zero-order valence-electron chi connectivity index (χ0n) is 15.6. The van der Waals surface area contributed by atoms with E-state index in [2.05, 4.69) is 5.32 Å². The topological polar surface area (TPSA) is 117 Å². The first kappa shape index (κ1) is 19.6. The van der Waals surface area contributed by atoms with E-state index in [9.17, 15) is 19.7 Å². The molecule has 1 amide bonds. The molecule has 9 nitrogen and oxygen atoms in total. The van der Waals surface area contributed by atoms with E-state index < -0.39 is 23.4 Å². The zero-order chi connectivity index (χ0) is 21.1. The lowest BCUT2D eigenvalue weighted by Crippen LogP contribution is -2.20. The Kier molecular flexibility index (Phi) is 5.48. The third-order valence-corrected chi connectivity index (χ3v) is 5.37. The third kappa shape index (κ3) is 4.33. The van der Waals surface area contributed by atoms with Gasteiger partial charge in [-0.2, -0.15) is 0 Å². The van der Waals surface area contributed by atoms with E-state index in [1.165, 1.54) is 18.2 Å². The first-order valence-electron chi connectivity index (χ1n) is 9.04. The van der Waals surface area contributed by atoms with Gasteiger partial charge in [-0.3, -0.25) is 14.9 Å². The summed E-state index contributed by atoms with van der Waals surface area (Å²) >= 11 is 1.14. The molecule has 30 heavy (non-hydrogen) atoms. The van der Waals surface area contributed by atoms with Gasteiger partial charge in [0.15, 0.2) is 18.1 Å². The fourth-order valence-electron chi connectivity index (χ4n) is 2.89. The number of carbonyl (C=O) groups excluding carboxylic acids is 2. The number of ether oxygens (including phenoxy) is 3. The Morgan fingerprint density at radius 3 is 2.70 bits per heavy atom. The van der Waals surface area contributed by atoms with Gasteiger partial charge in [0.25, 0.3) is 11.6 Å². The minimum Gasteiger partial charge on any atom is -0.490 e. The van der Waals surface area contributed by atoms with Gasteiger partial charge in [-0.15, -0.1) is 11.3 Å². The molecule has 1 N–H and O–H groups in total. The molecule has 0 fully saturated rings. The van der Waals surface area contributed by atoms with Gasteiger partial charge in [0.1, 0.15) is 4.88 Å². The number of nitro benzene ring substituents is 1. The van der Waals surface area contributed by atoms with Gasteiger partial charge in [0.05, 0.1) is 18.1 Å². The van der Waals surface area contributed by atoms with Crippen molar-refractivity contribution in [2.45, 2.75) is 6.42 Å². The van der Waals surface area contributed by atoms with Crippen LogP contribution in [0.4, 0.5) is 11.4 Å². The van der Waals surface area contributed by atoms with Crippen molar-refractivity contribution in [3.63, 3.8) is 0 Å². The molecule has 2 aromatic carbocycles. The highest BCUT2D eigenvalue weighted by molar-refractivity contribution is 7.20. The maximum absolute atomic E-state index is 12.3. The van der Waals surface area contributed by atoms with Crippen molar-refractivity contribution >= 4 is 44.7 Å². The average molecular weight is 428 g/mol. The summed E-state index contributed by atoms with van der Waals surface area (Å²) in [7, 11) is 0. The number of esters is 1. The van der Waals surface area contributed by atoms with Crippen LogP contribution in [0.1, 0.15) is 16.1 Å². The van der Waals surface area contributed by atoms with Crippen LogP contribution >= 0.6 is 11.3 Å². The summed E-state index contributed by atoms with van der Waals surface area (Å²) in [6.07, 6.45) is 0.775. The number of amides is 1. The molecule has 1 aliphatic heterocycles. The van der Waals surface area contributed by atoms with Crippen LogP contribution in [0.3, 0.4) is 0 Å². The number of nitrogens with one attached hydrogen (secondary N) is 1.